The van der Waals surface area contributed by atoms with Crippen molar-refractivity contribution in [2.75, 3.05) is 13.2 Å². The van der Waals surface area contributed by atoms with Gasteiger partial charge in [0.2, 0.25) is 0 Å². The number of unbranched alkanes of at least 4 members (excludes halogenated alkanes) is 13. The zero-order valence-electron chi connectivity index (χ0n) is 42.9. The molecule has 0 aliphatic rings. The summed E-state index contributed by atoms with van der Waals surface area (Å²) in [5, 5.41) is 0. The fourth-order valence-corrected chi connectivity index (χ4v) is 6.71. The standard InChI is InChI=1S/C61H96O6/c1-4-7-10-13-15-17-19-21-23-25-27-29-30-32-33-35-37-39-41-43-45-48-51-54-60(63)66-57-58(56-65-59(62)53-50-47-12-9-6-3)67-61(64)55-52-49-46-44-42-40-38-36-34-31-28-26-24-22-20-18-16-14-11-8-5-2/h7-8,10-11,15-18,21-24,27-29,31-33,36,38,42,44,58H,4-6,9,12-14,19-20,25-26,30,34-35,37,39-41,43,45-57H2,1-3H3/b10-7-,11-8-,17-15-,18-16-,23-21-,24-22-,29-27-,31-28-,33-32-,38-36-,44-42-. The van der Waals surface area contributed by atoms with E-state index in [4.69, 9.17) is 14.2 Å². The van der Waals surface area contributed by atoms with Crippen LogP contribution < -0.4 is 0 Å². The van der Waals surface area contributed by atoms with Crippen LogP contribution in [0.25, 0.3) is 0 Å². The minimum atomic E-state index is -0.807. The Morgan fingerprint density at radius 2 is 0.582 bits per heavy atom. The lowest BCUT2D eigenvalue weighted by Crippen LogP contribution is -2.30. The van der Waals surface area contributed by atoms with Crippen LogP contribution in [0.4, 0.5) is 0 Å². The molecule has 0 aromatic rings. The van der Waals surface area contributed by atoms with Gasteiger partial charge in [-0.1, -0.05) is 212 Å². The van der Waals surface area contributed by atoms with Gasteiger partial charge in [-0.15, -0.1) is 0 Å². The summed E-state index contributed by atoms with van der Waals surface area (Å²) in [6.45, 7) is 6.26. The first-order valence-corrected chi connectivity index (χ1v) is 26.7. The van der Waals surface area contributed by atoms with Crippen molar-refractivity contribution in [3.8, 4) is 0 Å². The predicted molar refractivity (Wildman–Crippen MR) is 288 cm³/mol. The molecule has 0 rings (SSSR count). The molecule has 0 fully saturated rings. The second kappa shape index (κ2) is 54.2. The maximum Gasteiger partial charge on any atom is 0.306 e. The quantitative estimate of drug-likeness (QED) is 0.0262. The summed E-state index contributed by atoms with van der Waals surface area (Å²) in [7, 11) is 0. The van der Waals surface area contributed by atoms with Gasteiger partial charge in [-0.3, -0.25) is 14.4 Å². The third kappa shape index (κ3) is 52.4. The first-order chi connectivity index (χ1) is 33.0. The molecule has 0 saturated carbocycles. The van der Waals surface area contributed by atoms with Crippen molar-refractivity contribution in [1.82, 2.24) is 0 Å². The van der Waals surface area contributed by atoms with Crippen molar-refractivity contribution in [2.45, 2.75) is 219 Å². The van der Waals surface area contributed by atoms with Crippen LogP contribution in [-0.2, 0) is 28.6 Å². The van der Waals surface area contributed by atoms with Gasteiger partial charge in [0, 0.05) is 19.3 Å². The normalized spacial score (nSPS) is 13.2. The highest BCUT2D eigenvalue weighted by Gasteiger charge is 2.19. The van der Waals surface area contributed by atoms with Crippen LogP contribution in [0.5, 0.6) is 0 Å². The minimum absolute atomic E-state index is 0.105. The molecule has 0 spiro atoms. The number of hydrogen-bond acceptors (Lipinski definition) is 6. The number of allylic oxidation sites excluding steroid dienone is 22. The average molecular weight is 925 g/mol. The molecule has 1 atom stereocenters. The first-order valence-electron chi connectivity index (χ1n) is 26.7. The van der Waals surface area contributed by atoms with Crippen LogP contribution >= 0.6 is 0 Å². The summed E-state index contributed by atoms with van der Waals surface area (Å²) in [6.07, 6.45) is 76.2. The van der Waals surface area contributed by atoms with E-state index in [9.17, 15) is 14.4 Å². The summed E-state index contributed by atoms with van der Waals surface area (Å²) in [6, 6.07) is 0. The van der Waals surface area contributed by atoms with Gasteiger partial charge < -0.3 is 14.2 Å². The Morgan fingerprint density at radius 1 is 0.313 bits per heavy atom. The zero-order valence-corrected chi connectivity index (χ0v) is 42.9. The van der Waals surface area contributed by atoms with Crippen LogP contribution in [0.15, 0.2) is 134 Å². The second-order valence-corrected chi connectivity index (χ2v) is 17.0. The molecule has 1 unspecified atom stereocenters. The van der Waals surface area contributed by atoms with Gasteiger partial charge in [0.25, 0.3) is 0 Å². The second-order valence-electron chi connectivity index (χ2n) is 17.0. The summed E-state index contributed by atoms with van der Waals surface area (Å²) in [5.74, 6) is -0.983. The SMILES string of the molecule is CC/C=C\C/C=C\C/C=C\C/C=C\C/C=C\C/C=C\CCCCC(=O)OC(COC(=O)CCCCCCC)COC(=O)CCCCCCCCC/C=C\C/C=C\C/C=C\C/C=C\C/C=C\CC. The van der Waals surface area contributed by atoms with E-state index >= 15 is 0 Å². The fraction of sp³-hybridized carbons (Fsp3) is 0.590. The van der Waals surface area contributed by atoms with Gasteiger partial charge in [0.15, 0.2) is 6.10 Å². The lowest BCUT2D eigenvalue weighted by atomic mass is 10.1. The van der Waals surface area contributed by atoms with Gasteiger partial charge in [-0.05, 0) is 116 Å². The third-order valence-electron chi connectivity index (χ3n) is 10.7. The molecule has 0 aliphatic carbocycles. The molecule has 0 aromatic carbocycles. The Hall–Kier alpha value is -4.45. The van der Waals surface area contributed by atoms with Gasteiger partial charge in [0.1, 0.15) is 13.2 Å². The van der Waals surface area contributed by atoms with Crippen molar-refractivity contribution in [3.63, 3.8) is 0 Å². The molecule has 0 amide bonds. The maximum atomic E-state index is 12.7. The van der Waals surface area contributed by atoms with Crippen LogP contribution in [0.1, 0.15) is 213 Å². The topological polar surface area (TPSA) is 78.9 Å². The monoisotopic (exact) mass is 925 g/mol. The van der Waals surface area contributed by atoms with Gasteiger partial charge in [0.05, 0.1) is 0 Å². The summed E-state index contributed by atoms with van der Waals surface area (Å²) in [5.41, 5.74) is 0. The van der Waals surface area contributed by atoms with E-state index in [0.717, 1.165) is 141 Å². The molecule has 6 heteroatoms. The van der Waals surface area contributed by atoms with E-state index < -0.39 is 6.10 Å². The highest BCUT2D eigenvalue weighted by molar-refractivity contribution is 5.71. The number of hydrogen-bond donors (Lipinski definition) is 0. The summed E-state index contributed by atoms with van der Waals surface area (Å²) in [4.78, 5) is 37.7. The van der Waals surface area contributed by atoms with Crippen LogP contribution in [0.2, 0.25) is 0 Å². The maximum absolute atomic E-state index is 12.7. The van der Waals surface area contributed by atoms with Gasteiger partial charge in [-0.2, -0.15) is 0 Å². The molecule has 0 N–H and O–H groups in total. The van der Waals surface area contributed by atoms with Crippen molar-refractivity contribution >= 4 is 17.9 Å². The molecule has 6 nitrogen and oxygen atoms in total. The summed E-state index contributed by atoms with van der Waals surface area (Å²) >= 11 is 0. The van der Waals surface area contributed by atoms with Crippen molar-refractivity contribution < 1.29 is 28.6 Å². The zero-order chi connectivity index (χ0) is 48.6. The molecular weight excluding hydrogens is 829 g/mol. The number of carbonyl (C=O) groups is 3. The molecule has 0 aliphatic heterocycles. The third-order valence-corrected chi connectivity index (χ3v) is 10.7. The molecule has 67 heavy (non-hydrogen) atoms. The minimum Gasteiger partial charge on any atom is -0.462 e. The Bertz CT molecular complexity index is 1480. The Labute approximate surface area is 411 Å². The van der Waals surface area contributed by atoms with E-state index in [1.807, 2.05) is 0 Å². The van der Waals surface area contributed by atoms with Crippen molar-refractivity contribution in [1.29, 1.82) is 0 Å². The van der Waals surface area contributed by atoms with Crippen LogP contribution in [-0.4, -0.2) is 37.2 Å². The van der Waals surface area contributed by atoms with Crippen molar-refractivity contribution in [2.24, 2.45) is 0 Å². The largest absolute Gasteiger partial charge is 0.462 e. The molecule has 0 aromatic heterocycles. The Morgan fingerprint density at radius 3 is 0.940 bits per heavy atom. The van der Waals surface area contributed by atoms with Gasteiger partial charge >= 0.3 is 17.9 Å². The van der Waals surface area contributed by atoms with Gasteiger partial charge in [-0.25, -0.2) is 0 Å². The molecule has 0 heterocycles. The van der Waals surface area contributed by atoms with E-state index in [0.29, 0.717) is 19.3 Å². The summed E-state index contributed by atoms with van der Waals surface area (Å²) < 4.78 is 16.6. The number of carbonyl (C=O) groups excluding carboxylic acids is 3. The van der Waals surface area contributed by atoms with E-state index in [1.54, 1.807) is 0 Å². The highest BCUT2D eigenvalue weighted by atomic mass is 16.6. The van der Waals surface area contributed by atoms with Crippen LogP contribution in [0, 0.1) is 0 Å². The lowest BCUT2D eigenvalue weighted by Gasteiger charge is -2.18. The molecular formula is C61H96O6. The van der Waals surface area contributed by atoms with Crippen molar-refractivity contribution in [3.05, 3.63) is 134 Å². The molecule has 0 bridgehead atoms. The molecule has 376 valence electrons. The average Bonchev–Trinajstić information content (AvgIpc) is 3.33. The first kappa shape index (κ1) is 62.5. The Kier molecular flexibility index (Phi) is 50.6. The lowest BCUT2D eigenvalue weighted by molar-refractivity contribution is -0.167. The predicted octanol–water partition coefficient (Wildman–Crippen LogP) is 17.9. The number of ether oxygens (including phenoxy) is 3. The molecule has 0 saturated heterocycles. The van der Waals surface area contributed by atoms with Crippen LogP contribution in [0.3, 0.4) is 0 Å². The number of esters is 3. The van der Waals surface area contributed by atoms with E-state index in [2.05, 4.69) is 154 Å². The smallest absolute Gasteiger partial charge is 0.306 e. The highest BCUT2D eigenvalue weighted by Crippen LogP contribution is 2.12. The van der Waals surface area contributed by atoms with E-state index in [1.165, 1.54) is 25.7 Å². The van der Waals surface area contributed by atoms with E-state index in [-0.39, 0.29) is 37.5 Å². The fourth-order valence-electron chi connectivity index (χ4n) is 6.71. The number of rotatable bonds is 46. The molecule has 0 radical (unpaired) electrons. The Balaban J connectivity index is 4.28.